The third kappa shape index (κ3) is 3.48. The van der Waals surface area contributed by atoms with E-state index in [1.165, 1.54) is 12.1 Å². The zero-order valence-electron chi connectivity index (χ0n) is 10.6. The normalized spacial score (nSPS) is 16.5. The number of anilines is 1. The van der Waals surface area contributed by atoms with Crippen LogP contribution in [0.4, 0.5) is 5.69 Å². The number of carbonyl (C=O) groups is 1. The predicted molar refractivity (Wildman–Crippen MR) is 74.8 cm³/mol. The van der Waals surface area contributed by atoms with Crippen molar-refractivity contribution in [2.45, 2.75) is 37.5 Å². The van der Waals surface area contributed by atoms with E-state index in [4.69, 9.17) is 10.7 Å². The van der Waals surface area contributed by atoms with Crippen LogP contribution in [-0.4, -0.2) is 14.3 Å². The van der Waals surface area contributed by atoms with Gasteiger partial charge in [0.15, 0.2) is 0 Å². The van der Waals surface area contributed by atoms with E-state index in [0.29, 0.717) is 11.3 Å². The maximum atomic E-state index is 12.0. The quantitative estimate of drug-likeness (QED) is 0.873. The van der Waals surface area contributed by atoms with Crippen LogP contribution < -0.4 is 5.32 Å². The standard InChI is InChI=1S/C13H16ClNO3S/c1-9-8-11(19(14,17)18)6-7-12(9)15-13(16)10-4-2-3-5-10/h6-8,10H,2-5H2,1H3,(H,15,16). The number of halogens is 1. The molecule has 0 atom stereocenters. The molecule has 6 heteroatoms. The summed E-state index contributed by atoms with van der Waals surface area (Å²) in [5.74, 6) is 0.0953. The van der Waals surface area contributed by atoms with Crippen LogP contribution in [0.1, 0.15) is 31.2 Å². The number of carbonyl (C=O) groups excluding carboxylic acids is 1. The Bertz CT molecular complexity index is 592. The molecule has 0 saturated heterocycles. The third-order valence-electron chi connectivity index (χ3n) is 3.46. The van der Waals surface area contributed by atoms with Crippen LogP contribution in [0.25, 0.3) is 0 Å². The molecule has 0 aliphatic heterocycles. The molecule has 1 aliphatic carbocycles. The van der Waals surface area contributed by atoms with Crippen molar-refractivity contribution in [2.24, 2.45) is 5.92 Å². The molecule has 0 bridgehead atoms. The Balaban J connectivity index is 2.15. The summed E-state index contributed by atoms with van der Waals surface area (Å²) in [6.07, 6.45) is 4.05. The highest BCUT2D eigenvalue weighted by atomic mass is 35.7. The minimum absolute atomic E-state index is 0.0158. The number of nitrogens with one attached hydrogen (secondary N) is 1. The Kier molecular flexibility index (Phi) is 4.16. The lowest BCUT2D eigenvalue weighted by atomic mass is 10.1. The van der Waals surface area contributed by atoms with Crippen molar-refractivity contribution >= 4 is 31.3 Å². The van der Waals surface area contributed by atoms with Crippen LogP contribution in [0, 0.1) is 12.8 Å². The summed E-state index contributed by atoms with van der Waals surface area (Å²) in [7, 11) is 1.55. The van der Waals surface area contributed by atoms with Gasteiger partial charge < -0.3 is 5.32 Å². The van der Waals surface area contributed by atoms with Crippen molar-refractivity contribution in [3.63, 3.8) is 0 Å². The van der Waals surface area contributed by atoms with Gasteiger partial charge in [-0.3, -0.25) is 4.79 Å². The molecule has 19 heavy (non-hydrogen) atoms. The molecule has 0 aromatic heterocycles. The Morgan fingerprint density at radius 3 is 2.47 bits per heavy atom. The molecule has 0 unspecified atom stereocenters. The highest BCUT2D eigenvalue weighted by molar-refractivity contribution is 8.13. The lowest BCUT2D eigenvalue weighted by molar-refractivity contribution is -0.119. The van der Waals surface area contributed by atoms with E-state index in [9.17, 15) is 13.2 Å². The van der Waals surface area contributed by atoms with Gasteiger partial charge in [0.2, 0.25) is 5.91 Å². The first-order valence-electron chi connectivity index (χ1n) is 6.24. The molecule has 1 aromatic rings. The third-order valence-corrected chi connectivity index (χ3v) is 4.81. The molecule has 1 saturated carbocycles. The monoisotopic (exact) mass is 301 g/mol. The van der Waals surface area contributed by atoms with Gasteiger partial charge in [-0.05, 0) is 43.5 Å². The van der Waals surface area contributed by atoms with Crippen LogP contribution in [0.2, 0.25) is 0 Å². The molecule has 1 fully saturated rings. The summed E-state index contributed by atoms with van der Waals surface area (Å²) in [6.45, 7) is 1.75. The van der Waals surface area contributed by atoms with E-state index >= 15 is 0 Å². The topological polar surface area (TPSA) is 63.2 Å². The number of aryl methyl sites for hydroxylation is 1. The van der Waals surface area contributed by atoms with Crippen LogP contribution in [0.3, 0.4) is 0 Å². The number of hydrogen-bond donors (Lipinski definition) is 1. The van der Waals surface area contributed by atoms with Crippen molar-refractivity contribution in [1.29, 1.82) is 0 Å². The molecule has 4 nitrogen and oxygen atoms in total. The summed E-state index contributed by atoms with van der Waals surface area (Å²) < 4.78 is 22.4. The number of rotatable bonds is 3. The molecule has 2 rings (SSSR count). The number of benzene rings is 1. The summed E-state index contributed by atoms with van der Waals surface area (Å²) in [6, 6.07) is 4.45. The first kappa shape index (κ1) is 14.3. The van der Waals surface area contributed by atoms with E-state index in [1.807, 2.05) is 0 Å². The highest BCUT2D eigenvalue weighted by Gasteiger charge is 2.23. The second kappa shape index (κ2) is 5.51. The second-order valence-electron chi connectivity index (χ2n) is 4.89. The van der Waals surface area contributed by atoms with Crippen LogP contribution >= 0.6 is 10.7 Å². The van der Waals surface area contributed by atoms with Crippen LogP contribution in [-0.2, 0) is 13.8 Å². The Morgan fingerprint density at radius 2 is 1.95 bits per heavy atom. The van der Waals surface area contributed by atoms with Gasteiger partial charge in [0.1, 0.15) is 0 Å². The van der Waals surface area contributed by atoms with E-state index in [1.54, 1.807) is 13.0 Å². The Hall–Kier alpha value is -1.07. The van der Waals surface area contributed by atoms with Crippen molar-refractivity contribution in [3.8, 4) is 0 Å². The van der Waals surface area contributed by atoms with Gasteiger partial charge in [0, 0.05) is 22.3 Å². The summed E-state index contributed by atoms with van der Waals surface area (Å²) in [5.41, 5.74) is 1.33. The Morgan fingerprint density at radius 1 is 1.32 bits per heavy atom. The Labute approximate surface area is 117 Å². The average molecular weight is 302 g/mol. The molecule has 1 N–H and O–H groups in total. The maximum Gasteiger partial charge on any atom is 0.261 e. The lowest BCUT2D eigenvalue weighted by Gasteiger charge is -2.12. The lowest BCUT2D eigenvalue weighted by Crippen LogP contribution is -2.20. The van der Waals surface area contributed by atoms with Gasteiger partial charge in [-0.15, -0.1) is 0 Å². The fourth-order valence-electron chi connectivity index (χ4n) is 2.35. The molecular weight excluding hydrogens is 286 g/mol. The SMILES string of the molecule is Cc1cc(S(=O)(=O)Cl)ccc1NC(=O)C1CCCC1. The van der Waals surface area contributed by atoms with E-state index in [0.717, 1.165) is 25.7 Å². The van der Waals surface area contributed by atoms with E-state index in [-0.39, 0.29) is 16.7 Å². The molecule has 0 spiro atoms. The average Bonchev–Trinajstić information content (AvgIpc) is 2.84. The smallest absolute Gasteiger partial charge is 0.261 e. The minimum Gasteiger partial charge on any atom is -0.326 e. The second-order valence-corrected chi connectivity index (χ2v) is 7.45. The van der Waals surface area contributed by atoms with E-state index < -0.39 is 9.05 Å². The van der Waals surface area contributed by atoms with Gasteiger partial charge in [0.05, 0.1) is 4.90 Å². The molecule has 1 amide bonds. The van der Waals surface area contributed by atoms with Crippen LogP contribution in [0.5, 0.6) is 0 Å². The molecule has 104 valence electrons. The van der Waals surface area contributed by atoms with Crippen LogP contribution in [0.15, 0.2) is 23.1 Å². The highest BCUT2D eigenvalue weighted by Crippen LogP contribution is 2.27. The van der Waals surface area contributed by atoms with Crippen molar-refractivity contribution < 1.29 is 13.2 Å². The number of amides is 1. The molecular formula is C13H16ClNO3S. The summed E-state index contributed by atoms with van der Waals surface area (Å²) in [4.78, 5) is 12.0. The maximum absolute atomic E-state index is 12.0. The van der Waals surface area contributed by atoms with Gasteiger partial charge in [-0.2, -0.15) is 0 Å². The minimum atomic E-state index is -3.73. The van der Waals surface area contributed by atoms with Gasteiger partial charge >= 0.3 is 0 Å². The van der Waals surface area contributed by atoms with Crippen molar-refractivity contribution in [2.75, 3.05) is 5.32 Å². The molecule has 0 heterocycles. The van der Waals surface area contributed by atoms with Gasteiger partial charge in [0.25, 0.3) is 9.05 Å². The zero-order chi connectivity index (χ0) is 14.0. The van der Waals surface area contributed by atoms with Gasteiger partial charge in [-0.25, -0.2) is 8.42 Å². The molecule has 1 aromatic carbocycles. The summed E-state index contributed by atoms with van der Waals surface area (Å²) >= 11 is 0. The predicted octanol–water partition coefficient (Wildman–Crippen LogP) is 3.05. The first-order chi connectivity index (χ1) is 8.88. The molecule has 1 aliphatic rings. The largest absolute Gasteiger partial charge is 0.326 e. The van der Waals surface area contributed by atoms with E-state index in [2.05, 4.69) is 5.32 Å². The zero-order valence-corrected chi connectivity index (χ0v) is 12.2. The van der Waals surface area contributed by atoms with Gasteiger partial charge in [-0.1, -0.05) is 12.8 Å². The van der Waals surface area contributed by atoms with Crippen molar-refractivity contribution in [3.05, 3.63) is 23.8 Å². The fraction of sp³-hybridized carbons (Fsp3) is 0.462. The first-order valence-corrected chi connectivity index (χ1v) is 8.55. The molecule has 0 radical (unpaired) electrons. The fourth-order valence-corrected chi connectivity index (χ4v) is 3.19. The number of hydrogen-bond acceptors (Lipinski definition) is 3. The summed E-state index contributed by atoms with van der Waals surface area (Å²) in [5, 5.41) is 2.85. The van der Waals surface area contributed by atoms with Crippen molar-refractivity contribution in [1.82, 2.24) is 0 Å².